The number of carbonyl (C=O) groups excluding carboxylic acids is 3. The molecule has 4 aliphatic carbocycles. The number of carbonyl (C=O) groups is 3. The predicted octanol–water partition coefficient (Wildman–Crippen LogP) is 0.795. The van der Waals surface area contributed by atoms with E-state index in [1.54, 1.807) is 0 Å². The number of phenols is 1. The number of hydrogen-bond acceptors (Lipinski definition) is 9. The van der Waals surface area contributed by atoms with Crippen LogP contribution in [0.4, 0.5) is 5.69 Å². The molecular weight excluding hydrogens is 478 g/mol. The van der Waals surface area contributed by atoms with E-state index in [0.717, 1.165) is 31.3 Å². The smallest absolute Gasteiger partial charge is 0.255 e. The quantitative estimate of drug-likeness (QED) is 0.124. The maximum Gasteiger partial charge on any atom is 0.255 e. The summed E-state index contributed by atoms with van der Waals surface area (Å²) in [7, 11) is 0. The van der Waals surface area contributed by atoms with Crippen LogP contribution in [0.15, 0.2) is 34.6 Å². The van der Waals surface area contributed by atoms with Gasteiger partial charge in [-0.3, -0.25) is 14.4 Å². The van der Waals surface area contributed by atoms with Gasteiger partial charge in [0.05, 0.1) is 17.2 Å². The highest BCUT2D eigenvalue weighted by Gasteiger charge is 2.63. The minimum atomic E-state index is -2.75. The van der Waals surface area contributed by atoms with Gasteiger partial charge in [0.2, 0.25) is 5.78 Å². The van der Waals surface area contributed by atoms with Crippen molar-refractivity contribution in [3.8, 4) is 17.6 Å². The van der Waals surface area contributed by atoms with E-state index in [9.17, 15) is 34.8 Å². The molecule has 2 unspecified atom stereocenters. The topological polar surface area (TPSA) is 210 Å². The minimum absolute atomic E-state index is 0.0833. The van der Waals surface area contributed by atoms with Crippen LogP contribution in [-0.4, -0.2) is 49.5 Å². The second-order valence-electron chi connectivity index (χ2n) is 10.0. The number of ketones is 2. The van der Waals surface area contributed by atoms with E-state index in [0.29, 0.717) is 5.56 Å². The first kappa shape index (κ1) is 24.6. The third kappa shape index (κ3) is 3.46. The minimum Gasteiger partial charge on any atom is -0.508 e. The second kappa shape index (κ2) is 8.50. The van der Waals surface area contributed by atoms with Gasteiger partial charge in [-0.1, -0.05) is 17.9 Å². The van der Waals surface area contributed by atoms with Crippen molar-refractivity contribution >= 4 is 28.9 Å². The molecule has 10 N–H and O–H groups in total. The molecule has 192 valence electrons. The Labute approximate surface area is 212 Å². The molecule has 37 heavy (non-hydrogen) atoms. The number of hydrogen-bond donors (Lipinski definition) is 7. The fourth-order valence-corrected chi connectivity index (χ4v) is 6.01. The summed E-state index contributed by atoms with van der Waals surface area (Å²) in [5, 5.41) is 44.4. The van der Waals surface area contributed by atoms with E-state index in [4.69, 9.17) is 17.2 Å². The SMILES string of the molecule is NC(=O)C1=C(O)[C@@]2(O)C(=O)C3=C(O)c4c(O)c(C#CC5=CCCCC5)cc(N)c4CC3CC2[C@H](N)C1=O. The van der Waals surface area contributed by atoms with Crippen LogP contribution in [0, 0.1) is 23.7 Å². The Morgan fingerprint density at radius 2 is 1.86 bits per heavy atom. The third-order valence-electron chi connectivity index (χ3n) is 7.93. The molecule has 5 rings (SSSR count). The largest absolute Gasteiger partial charge is 0.508 e. The fourth-order valence-electron chi connectivity index (χ4n) is 6.01. The van der Waals surface area contributed by atoms with Gasteiger partial charge in [-0.2, -0.15) is 0 Å². The fraction of sp³-hybridized carbons (Fsp3) is 0.370. The summed E-state index contributed by atoms with van der Waals surface area (Å²) >= 11 is 0. The van der Waals surface area contributed by atoms with E-state index >= 15 is 0 Å². The molecule has 1 aromatic rings. The summed E-state index contributed by atoms with van der Waals surface area (Å²) in [6.45, 7) is 0. The van der Waals surface area contributed by atoms with E-state index in [2.05, 4.69) is 11.8 Å². The number of amides is 1. The molecule has 0 spiro atoms. The van der Waals surface area contributed by atoms with Crippen molar-refractivity contribution < 1.29 is 34.8 Å². The lowest BCUT2D eigenvalue weighted by atomic mass is 9.58. The summed E-state index contributed by atoms with van der Waals surface area (Å²) in [5.74, 6) is -1.69. The lowest BCUT2D eigenvalue weighted by Gasteiger charge is -2.48. The highest BCUT2D eigenvalue weighted by atomic mass is 16.3. The molecule has 4 atom stereocenters. The van der Waals surface area contributed by atoms with Crippen molar-refractivity contribution in [1.82, 2.24) is 0 Å². The Hall–Kier alpha value is -4.07. The van der Waals surface area contributed by atoms with Gasteiger partial charge in [0, 0.05) is 17.2 Å². The molecule has 0 saturated heterocycles. The van der Waals surface area contributed by atoms with Crippen molar-refractivity contribution in [2.45, 2.75) is 50.2 Å². The van der Waals surface area contributed by atoms with Crippen LogP contribution in [0.2, 0.25) is 0 Å². The summed E-state index contributed by atoms with van der Waals surface area (Å²) in [6, 6.07) is 0.0165. The molecule has 10 heteroatoms. The average Bonchev–Trinajstić information content (AvgIpc) is 2.86. The Kier molecular flexibility index (Phi) is 5.66. The van der Waals surface area contributed by atoms with Crippen molar-refractivity contribution in [2.75, 3.05) is 5.73 Å². The summed E-state index contributed by atoms with van der Waals surface area (Å²) in [5.41, 5.74) is 15.2. The first-order valence-electron chi connectivity index (χ1n) is 12.1. The van der Waals surface area contributed by atoms with Crippen LogP contribution in [0.1, 0.15) is 48.8 Å². The number of rotatable bonds is 1. The molecule has 1 amide bonds. The number of Topliss-reactive ketones (excluding diaryl/α,β-unsaturated/α-hetero) is 2. The zero-order valence-corrected chi connectivity index (χ0v) is 19.9. The van der Waals surface area contributed by atoms with Gasteiger partial charge in [-0.05, 0) is 61.6 Å². The van der Waals surface area contributed by atoms with E-state index < -0.39 is 58.0 Å². The molecule has 4 aliphatic rings. The van der Waals surface area contributed by atoms with Crippen molar-refractivity contribution in [1.29, 1.82) is 0 Å². The second-order valence-corrected chi connectivity index (χ2v) is 10.0. The molecular formula is C27H27N3O7. The number of nitrogens with two attached hydrogens (primary N) is 3. The maximum atomic E-state index is 13.7. The average molecular weight is 506 g/mol. The van der Waals surface area contributed by atoms with Crippen molar-refractivity contribution in [3.05, 3.63) is 51.3 Å². The van der Waals surface area contributed by atoms with Crippen LogP contribution in [0.25, 0.3) is 5.76 Å². The van der Waals surface area contributed by atoms with E-state index in [-0.39, 0.29) is 41.0 Å². The Balaban J connectivity index is 1.66. The maximum absolute atomic E-state index is 13.7. The number of allylic oxidation sites excluding steroid dienone is 2. The van der Waals surface area contributed by atoms with Crippen LogP contribution in [-0.2, 0) is 20.8 Å². The molecule has 1 saturated carbocycles. The van der Waals surface area contributed by atoms with E-state index in [1.807, 2.05) is 6.08 Å². The van der Waals surface area contributed by atoms with Gasteiger partial charge in [0.15, 0.2) is 11.4 Å². The lowest BCUT2D eigenvalue weighted by molar-refractivity contribution is -0.149. The number of primary amides is 1. The van der Waals surface area contributed by atoms with E-state index in [1.165, 1.54) is 6.07 Å². The van der Waals surface area contributed by atoms with Crippen molar-refractivity contribution in [2.24, 2.45) is 23.3 Å². The highest BCUT2D eigenvalue weighted by molar-refractivity contribution is 6.24. The highest BCUT2D eigenvalue weighted by Crippen LogP contribution is 2.52. The number of nitrogen functional groups attached to an aromatic ring is 1. The van der Waals surface area contributed by atoms with Gasteiger partial charge in [-0.25, -0.2) is 0 Å². The van der Waals surface area contributed by atoms with Crippen LogP contribution in [0.3, 0.4) is 0 Å². The zero-order chi connectivity index (χ0) is 26.8. The number of phenolic OH excluding ortho intramolecular Hbond substituents is 1. The Morgan fingerprint density at radius 1 is 1.14 bits per heavy atom. The zero-order valence-electron chi connectivity index (χ0n) is 19.9. The summed E-state index contributed by atoms with van der Waals surface area (Å²) in [6.07, 6.45) is 5.92. The van der Waals surface area contributed by atoms with Crippen LogP contribution >= 0.6 is 0 Å². The summed E-state index contributed by atoms with van der Waals surface area (Å²) in [4.78, 5) is 38.1. The molecule has 1 aromatic carbocycles. The summed E-state index contributed by atoms with van der Waals surface area (Å²) < 4.78 is 0. The standard InChI is InChI=1S/C27H27N3O7/c28-16-10-12(7-6-11-4-2-1-3-5-11)21(31)18-14(16)8-13-9-15-20(29)23(33)19(26(30)36)25(35)27(15,37)24(34)17(13)22(18)32/h4,10,13,15,20,31-32,35,37H,1-3,5,8-9,28-29H2,(H2,30,36)/t13?,15?,20-,27-/m0/s1. The first-order valence-corrected chi connectivity index (χ1v) is 12.1. The molecule has 0 radical (unpaired) electrons. The number of aliphatic hydroxyl groups excluding tert-OH is 2. The normalized spacial score (nSPS) is 29.0. The van der Waals surface area contributed by atoms with Crippen LogP contribution < -0.4 is 17.2 Å². The monoisotopic (exact) mass is 505 g/mol. The molecule has 0 bridgehead atoms. The van der Waals surface area contributed by atoms with Crippen molar-refractivity contribution in [3.63, 3.8) is 0 Å². The number of fused-ring (bicyclic) bond motifs is 3. The van der Waals surface area contributed by atoms with Gasteiger partial charge >= 0.3 is 0 Å². The van der Waals surface area contributed by atoms with Gasteiger partial charge in [-0.15, -0.1) is 0 Å². The van der Waals surface area contributed by atoms with Gasteiger partial charge in [0.25, 0.3) is 5.91 Å². The van der Waals surface area contributed by atoms with Crippen LogP contribution in [0.5, 0.6) is 5.75 Å². The number of aliphatic hydroxyl groups is 3. The van der Waals surface area contributed by atoms with Gasteiger partial charge in [0.1, 0.15) is 22.8 Å². The molecule has 10 nitrogen and oxygen atoms in total. The number of anilines is 1. The molecule has 1 fully saturated rings. The lowest BCUT2D eigenvalue weighted by Crippen LogP contribution is -2.65. The Bertz CT molecular complexity index is 1440. The molecule has 0 heterocycles. The first-order chi connectivity index (χ1) is 17.5. The number of aromatic hydroxyl groups is 1. The molecule has 0 aromatic heterocycles. The van der Waals surface area contributed by atoms with Gasteiger partial charge < -0.3 is 37.6 Å². The predicted molar refractivity (Wildman–Crippen MR) is 133 cm³/mol. The number of benzene rings is 1. The molecule has 0 aliphatic heterocycles. The Morgan fingerprint density at radius 3 is 2.51 bits per heavy atom. The third-order valence-corrected chi connectivity index (χ3v) is 7.93.